The third-order valence-electron chi connectivity index (χ3n) is 10.8. The zero-order valence-corrected chi connectivity index (χ0v) is 28.2. The second-order valence-corrected chi connectivity index (χ2v) is 13.7. The SMILES string of the molecule is c1ccc(-c2cc(-c3ccccc3-c3cc4ccc5cccc6c7cccc8ccc9cccc(c(c3)c4c56)c9c87)nc(-c3ccccc3)n2)cc1. The van der Waals surface area contributed by atoms with Crippen LogP contribution in [0.3, 0.4) is 0 Å². The van der Waals surface area contributed by atoms with Gasteiger partial charge in [0.05, 0.1) is 11.4 Å². The third kappa shape index (κ3) is 4.38. The van der Waals surface area contributed by atoms with Crippen LogP contribution in [0.2, 0.25) is 0 Å². The zero-order valence-electron chi connectivity index (χ0n) is 28.2. The third-order valence-corrected chi connectivity index (χ3v) is 10.8. The van der Waals surface area contributed by atoms with E-state index in [0.29, 0.717) is 5.82 Å². The molecule has 0 N–H and O–H groups in total. The normalized spacial score (nSPS) is 11.8. The molecular weight excluding hydrogens is 629 g/mol. The Morgan fingerprint density at radius 1 is 0.269 bits per heavy atom. The Hall–Kier alpha value is -6.90. The lowest BCUT2D eigenvalue weighted by atomic mass is 9.86. The fourth-order valence-electron chi connectivity index (χ4n) is 8.46. The quantitative estimate of drug-likeness (QED) is 0.176. The van der Waals surface area contributed by atoms with Crippen LogP contribution in [0.5, 0.6) is 0 Å². The first-order valence-corrected chi connectivity index (χ1v) is 17.8. The first kappa shape index (κ1) is 28.9. The van der Waals surface area contributed by atoms with Crippen LogP contribution in [0.25, 0.3) is 110 Å². The molecule has 0 aliphatic carbocycles. The minimum absolute atomic E-state index is 0.713. The standard InChI is InChI=1S/C50H30N2/c1-3-12-31(13-4-1)44-30-45(52-50(51-44)35-14-5-2-6-15-35)39-20-8-7-19-38(39)37-28-36-27-26-34-17-10-22-41-40-21-9-16-32-24-25-33-18-11-23-42(48(33)46(32)40)43(29-37)49(36)47(34)41/h1-30H. The van der Waals surface area contributed by atoms with Gasteiger partial charge in [-0.15, -0.1) is 0 Å². The molecule has 2 nitrogen and oxygen atoms in total. The van der Waals surface area contributed by atoms with Crippen molar-refractivity contribution in [1.82, 2.24) is 9.97 Å². The van der Waals surface area contributed by atoms with Crippen molar-refractivity contribution in [1.29, 1.82) is 0 Å². The largest absolute Gasteiger partial charge is 0.228 e. The molecule has 10 aromatic carbocycles. The molecule has 52 heavy (non-hydrogen) atoms. The lowest BCUT2D eigenvalue weighted by Gasteiger charge is -2.18. The van der Waals surface area contributed by atoms with Gasteiger partial charge in [0.15, 0.2) is 5.82 Å². The molecule has 1 aromatic heterocycles. The van der Waals surface area contributed by atoms with Gasteiger partial charge in [0.2, 0.25) is 0 Å². The van der Waals surface area contributed by atoms with Gasteiger partial charge in [0.1, 0.15) is 0 Å². The predicted molar refractivity (Wildman–Crippen MR) is 220 cm³/mol. The molecule has 0 unspecified atom stereocenters. The Morgan fingerprint density at radius 3 is 1.37 bits per heavy atom. The van der Waals surface area contributed by atoms with E-state index in [-0.39, 0.29) is 0 Å². The van der Waals surface area contributed by atoms with Crippen LogP contribution in [0.15, 0.2) is 182 Å². The van der Waals surface area contributed by atoms with Crippen molar-refractivity contribution in [2.75, 3.05) is 0 Å². The lowest BCUT2D eigenvalue weighted by Crippen LogP contribution is -1.97. The first-order valence-electron chi connectivity index (χ1n) is 17.8. The summed E-state index contributed by atoms with van der Waals surface area (Å²) in [7, 11) is 0. The molecule has 0 bridgehead atoms. The molecule has 240 valence electrons. The number of benzene rings is 9. The van der Waals surface area contributed by atoms with Crippen LogP contribution in [-0.2, 0) is 0 Å². The predicted octanol–water partition coefficient (Wildman–Crippen LogP) is 13.5. The Morgan fingerprint density at radius 2 is 0.750 bits per heavy atom. The molecule has 0 radical (unpaired) electrons. The number of aromatic nitrogens is 2. The van der Waals surface area contributed by atoms with Crippen molar-refractivity contribution in [2.45, 2.75) is 0 Å². The Labute approximate surface area is 300 Å². The number of hydrogen-bond donors (Lipinski definition) is 0. The van der Waals surface area contributed by atoms with Crippen molar-refractivity contribution < 1.29 is 0 Å². The van der Waals surface area contributed by atoms with E-state index < -0.39 is 0 Å². The maximum atomic E-state index is 5.24. The van der Waals surface area contributed by atoms with Crippen LogP contribution < -0.4 is 0 Å². The molecule has 0 aliphatic rings. The van der Waals surface area contributed by atoms with E-state index in [2.05, 4.69) is 158 Å². The number of rotatable bonds is 4. The molecule has 0 saturated heterocycles. The van der Waals surface area contributed by atoms with Gasteiger partial charge in [-0.25, -0.2) is 9.97 Å². The molecule has 0 fully saturated rings. The minimum Gasteiger partial charge on any atom is -0.228 e. The van der Waals surface area contributed by atoms with E-state index in [9.17, 15) is 0 Å². The molecular formula is C50H30N2. The molecule has 0 amide bonds. The van der Waals surface area contributed by atoms with Crippen LogP contribution in [0, 0.1) is 0 Å². The fraction of sp³-hybridized carbons (Fsp3) is 0. The summed E-state index contributed by atoms with van der Waals surface area (Å²) in [4.78, 5) is 10.3. The number of hydrogen-bond acceptors (Lipinski definition) is 2. The Balaban J connectivity index is 1.25. The van der Waals surface area contributed by atoms with Crippen molar-refractivity contribution >= 4 is 64.6 Å². The molecule has 0 atom stereocenters. The number of fused-ring (bicyclic) bond motifs is 2. The summed E-state index contributed by atoms with van der Waals surface area (Å²) in [5, 5.41) is 15.3. The topological polar surface area (TPSA) is 25.8 Å². The Bertz CT molecular complexity index is 3100. The smallest absolute Gasteiger partial charge is 0.160 e. The molecule has 1 heterocycles. The minimum atomic E-state index is 0.713. The van der Waals surface area contributed by atoms with Gasteiger partial charge in [0, 0.05) is 16.7 Å². The summed E-state index contributed by atoms with van der Waals surface area (Å²) < 4.78 is 0. The van der Waals surface area contributed by atoms with Crippen molar-refractivity contribution in [2.24, 2.45) is 0 Å². The van der Waals surface area contributed by atoms with Gasteiger partial charge in [-0.2, -0.15) is 0 Å². The highest BCUT2D eigenvalue weighted by molar-refractivity contribution is 6.37. The van der Waals surface area contributed by atoms with E-state index in [1.807, 2.05) is 24.3 Å². The summed E-state index contributed by atoms with van der Waals surface area (Å²) in [5.41, 5.74) is 7.22. The molecule has 11 rings (SSSR count). The average Bonchev–Trinajstić information content (AvgIpc) is 3.22. The molecule has 2 heteroatoms. The highest BCUT2D eigenvalue weighted by atomic mass is 14.9. The first-order chi connectivity index (χ1) is 25.8. The monoisotopic (exact) mass is 658 g/mol. The Kier molecular flexibility index (Phi) is 6.28. The number of nitrogens with zero attached hydrogens (tertiary/aromatic N) is 2. The van der Waals surface area contributed by atoms with E-state index in [1.165, 1.54) is 64.6 Å². The van der Waals surface area contributed by atoms with Gasteiger partial charge in [-0.3, -0.25) is 0 Å². The summed E-state index contributed by atoms with van der Waals surface area (Å²) in [6, 6.07) is 65.7. The van der Waals surface area contributed by atoms with Gasteiger partial charge in [0.25, 0.3) is 0 Å². The van der Waals surface area contributed by atoms with Gasteiger partial charge in [-0.1, -0.05) is 164 Å². The second kappa shape index (κ2) is 11.3. The van der Waals surface area contributed by atoms with Gasteiger partial charge in [-0.05, 0) is 94.0 Å². The summed E-state index contributed by atoms with van der Waals surface area (Å²) in [6.07, 6.45) is 0. The summed E-state index contributed by atoms with van der Waals surface area (Å²) in [5.74, 6) is 0.713. The van der Waals surface area contributed by atoms with Crippen molar-refractivity contribution in [3.63, 3.8) is 0 Å². The van der Waals surface area contributed by atoms with E-state index in [1.54, 1.807) is 0 Å². The molecule has 0 aliphatic heterocycles. The molecule has 0 spiro atoms. The highest BCUT2D eigenvalue weighted by Gasteiger charge is 2.18. The fourth-order valence-corrected chi connectivity index (χ4v) is 8.46. The van der Waals surface area contributed by atoms with Gasteiger partial charge >= 0.3 is 0 Å². The second-order valence-electron chi connectivity index (χ2n) is 13.7. The van der Waals surface area contributed by atoms with E-state index in [4.69, 9.17) is 9.97 Å². The molecule has 11 aromatic rings. The van der Waals surface area contributed by atoms with Crippen LogP contribution in [0.4, 0.5) is 0 Å². The summed E-state index contributed by atoms with van der Waals surface area (Å²) in [6.45, 7) is 0. The average molecular weight is 659 g/mol. The van der Waals surface area contributed by atoms with Crippen molar-refractivity contribution in [3.05, 3.63) is 182 Å². The summed E-state index contributed by atoms with van der Waals surface area (Å²) >= 11 is 0. The molecule has 0 saturated carbocycles. The van der Waals surface area contributed by atoms with E-state index >= 15 is 0 Å². The van der Waals surface area contributed by atoms with Crippen LogP contribution in [-0.4, -0.2) is 9.97 Å². The highest BCUT2D eigenvalue weighted by Crippen LogP contribution is 2.45. The van der Waals surface area contributed by atoms with E-state index in [0.717, 1.165) is 39.2 Å². The van der Waals surface area contributed by atoms with Crippen LogP contribution >= 0.6 is 0 Å². The maximum Gasteiger partial charge on any atom is 0.160 e. The van der Waals surface area contributed by atoms with Gasteiger partial charge < -0.3 is 0 Å². The van der Waals surface area contributed by atoms with Crippen molar-refractivity contribution in [3.8, 4) is 45.0 Å². The lowest BCUT2D eigenvalue weighted by molar-refractivity contribution is 1.18. The van der Waals surface area contributed by atoms with Crippen LogP contribution in [0.1, 0.15) is 0 Å². The zero-order chi connectivity index (χ0) is 34.2. The maximum absolute atomic E-state index is 5.24.